The Balaban J connectivity index is 0.921. The van der Waals surface area contributed by atoms with E-state index in [0.29, 0.717) is 18.2 Å². The molecule has 0 spiro atoms. The molecule has 3 aromatic carbocycles. The Morgan fingerprint density at radius 3 is 2.17 bits per heavy atom. The van der Waals surface area contributed by atoms with Crippen molar-refractivity contribution in [2.75, 3.05) is 49.2 Å². The van der Waals surface area contributed by atoms with Crippen LogP contribution in [0.15, 0.2) is 96.3 Å². The normalized spacial score (nSPS) is 20.3. The second kappa shape index (κ2) is 13.8. The molecule has 12 nitrogen and oxygen atoms in total. The highest BCUT2D eigenvalue weighted by atomic mass is 35.5. The van der Waals surface area contributed by atoms with Crippen molar-refractivity contribution in [2.24, 2.45) is 0 Å². The standard InChI is InChI=1S/C35H39ClN8O4/c1-3-26(2)44-34(45)42(25-39-44)29-10-8-27(9-11-29)40-18-20-41(21-19-40)28-12-14-30(15-13-28)46-22-31-23-47-35(48-31,24-43-37-16-17-38-43)32-6-4-5-7-33(32)36/h4-17,25-26,31H,3,18-24H2,1-2H3/t26?,31-,35-/m1/s1. The molecule has 0 radical (unpaired) electrons. The van der Waals surface area contributed by atoms with Crippen molar-refractivity contribution in [1.29, 1.82) is 0 Å². The molecule has 48 heavy (non-hydrogen) atoms. The number of hydrogen-bond acceptors (Lipinski definition) is 9. The van der Waals surface area contributed by atoms with Crippen molar-refractivity contribution in [3.05, 3.63) is 113 Å². The lowest BCUT2D eigenvalue weighted by Crippen LogP contribution is -2.46. The third-order valence-electron chi connectivity index (χ3n) is 9.07. The van der Waals surface area contributed by atoms with Gasteiger partial charge in [-0.05, 0) is 67.9 Å². The van der Waals surface area contributed by atoms with Crippen LogP contribution in [0, 0.1) is 0 Å². The predicted molar refractivity (Wildman–Crippen MR) is 183 cm³/mol. The lowest BCUT2D eigenvalue weighted by Gasteiger charge is -2.37. The van der Waals surface area contributed by atoms with Crippen molar-refractivity contribution >= 4 is 23.0 Å². The van der Waals surface area contributed by atoms with Crippen LogP contribution in [0.2, 0.25) is 5.02 Å². The second-order valence-corrected chi connectivity index (χ2v) is 12.5. The maximum Gasteiger partial charge on any atom is 0.350 e. The topological polar surface area (TPSA) is 105 Å². The van der Waals surface area contributed by atoms with E-state index in [9.17, 15) is 4.79 Å². The molecule has 2 fully saturated rings. The van der Waals surface area contributed by atoms with Crippen LogP contribution in [0.4, 0.5) is 11.4 Å². The highest BCUT2D eigenvalue weighted by molar-refractivity contribution is 6.31. The van der Waals surface area contributed by atoms with Crippen LogP contribution < -0.4 is 20.2 Å². The Labute approximate surface area is 284 Å². The largest absolute Gasteiger partial charge is 0.491 e. The van der Waals surface area contributed by atoms with E-state index in [1.54, 1.807) is 28.0 Å². The fourth-order valence-corrected chi connectivity index (χ4v) is 6.48. The monoisotopic (exact) mass is 670 g/mol. The molecule has 3 atom stereocenters. The van der Waals surface area contributed by atoms with Crippen LogP contribution in [0.5, 0.6) is 5.75 Å². The molecule has 0 aliphatic carbocycles. The highest BCUT2D eigenvalue weighted by Gasteiger charge is 2.46. The van der Waals surface area contributed by atoms with Crippen molar-refractivity contribution in [3.8, 4) is 11.4 Å². The van der Waals surface area contributed by atoms with E-state index in [1.807, 2.05) is 55.5 Å². The number of halogens is 1. The average Bonchev–Trinajstić information content (AvgIpc) is 3.89. The van der Waals surface area contributed by atoms with Crippen molar-refractivity contribution in [2.45, 2.75) is 44.7 Å². The predicted octanol–water partition coefficient (Wildman–Crippen LogP) is 4.92. The molecular formula is C35H39ClN8O4. The number of anilines is 2. The third kappa shape index (κ3) is 6.55. The fraction of sp³-hybridized carbons (Fsp3) is 0.371. The summed E-state index contributed by atoms with van der Waals surface area (Å²) in [7, 11) is 0. The first kappa shape index (κ1) is 31.9. The van der Waals surface area contributed by atoms with E-state index in [1.165, 1.54) is 4.80 Å². The van der Waals surface area contributed by atoms with E-state index >= 15 is 0 Å². The maximum atomic E-state index is 12.8. The van der Waals surface area contributed by atoms with Gasteiger partial charge in [0, 0.05) is 48.1 Å². The molecule has 2 saturated heterocycles. The summed E-state index contributed by atoms with van der Waals surface area (Å²) >= 11 is 6.56. The molecule has 250 valence electrons. The van der Waals surface area contributed by atoms with E-state index in [4.69, 9.17) is 25.8 Å². The summed E-state index contributed by atoms with van der Waals surface area (Å²) in [6.45, 7) is 8.56. The van der Waals surface area contributed by atoms with Gasteiger partial charge >= 0.3 is 5.69 Å². The van der Waals surface area contributed by atoms with Crippen LogP contribution in [0.3, 0.4) is 0 Å². The van der Waals surface area contributed by atoms with Gasteiger partial charge in [-0.25, -0.2) is 14.0 Å². The van der Waals surface area contributed by atoms with Gasteiger partial charge in [-0.3, -0.25) is 0 Å². The van der Waals surface area contributed by atoms with Crippen molar-refractivity contribution in [3.63, 3.8) is 0 Å². The number of benzene rings is 3. The number of hydrogen-bond donors (Lipinski definition) is 0. The summed E-state index contributed by atoms with van der Waals surface area (Å²) in [5.41, 5.74) is 3.73. The summed E-state index contributed by atoms with van der Waals surface area (Å²) in [5.74, 6) is -0.352. The van der Waals surface area contributed by atoms with Crippen molar-refractivity contribution < 1.29 is 14.2 Å². The zero-order valence-electron chi connectivity index (χ0n) is 27.1. The Morgan fingerprint density at radius 1 is 0.896 bits per heavy atom. The second-order valence-electron chi connectivity index (χ2n) is 12.1. The van der Waals surface area contributed by atoms with E-state index < -0.39 is 5.79 Å². The quantitative estimate of drug-likeness (QED) is 0.194. The van der Waals surface area contributed by atoms with E-state index in [-0.39, 0.29) is 24.4 Å². The first-order valence-electron chi connectivity index (χ1n) is 16.3. The number of nitrogens with zero attached hydrogens (tertiary/aromatic N) is 8. The summed E-state index contributed by atoms with van der Waals surface area (Å²) in [5, 5.41) is 13.3. The van der Waals surface area contributed by atoms with Crippen LogP contribution in [0.1, 0.15) is 31.9 Å². The summed E-state index contributed by atoms with van der Waals surface area (Å²) < 4.78 is 22.0. The summed E-state index contributed by atoms with van der Waals surface area (Å²) in [4.78, 5) is 19.1. The van der Waals surface area contributed by atoms with Gasteiger partial charge in [0.25, 0.3) is 0 Å². The lowest BCUT2D eigenvalue weighted by molar-refractivity contribution is -0.192. The molecule has 4 heterocycles. The minimum Gasteiger partial charge on any atom is -0.491 e. The molecule has 0 N–H and O–H groups in total. The van der Waals surface area contributed by atoms with Gasteiger partial charge < -0.3 is 24.0 Å². The van der Waals surface area contributed by atoms with E-state index in [2.05, 4.69) is 56.3 Å². The number of rotatable bonds is 11. The summed E-state index contributed by atoms with van der Waals surface area (Å²) in [6.07, 6.45) is 5.39. The average molecular weight is 671 g/mol. The molecule has 0 bridgehead atoms. The van der Waals surface area contributed by atoms with Gasteiger partial charge in [-0.2, -0.15) is 20.1 Å². The first-order chi connectivity index (χ1) is 23.4. The Morgan fingerprint density at radius 2 is 1.52 bits per heavy atom. The molecule has 2 aromatic heterocycles. The van der Waals surface area contributed by atoms with Crippen LogP contribution in [-0.2, 0) is 21.8 Å². The molecule has 0 amide bonds. The Kier molecular flexibility index (Phi) is 9.20. The minimum absolute atomic E-state index is 0.0679. The Bertz CT molecular complexity index is 1850. The first-order valence-corrected chi connectivity index (χ1v) is 16.7. The maximum absolute atomic E-state index is 12.8. The molecule has 2 aliphatic heterocycles. The highest BCUT2D eigenvalue weighted by Crippen LogP contribution is 2.39. The van der Waals surface area contributed by atoms with Gasteiger partial charge in [0.05, 0.1) is 30.7 Å². The van der Waals surface area contributed by atoms with Gasteiger partial charge in [0.1, 0.15) is 31.3 Å². The number of ether oxygens (including phenoxy) is 3. The van der Waals surface area contributed by atoms with Gasteiger partial charge in [0.2, 0.25) is 5.79 Å². The smallest absolute Gasteiger partial charge is 0.350 e. The molecule has 7 rings (SSSR count). The van der Waals surface area contributed by atoms with Crippen LogP contribution >= 0.6 is 11.6 Å². The number of aromatic nitrogens is 6. The van der Waals surface area contributed by atoms with Crippen molar-refractivity contribution in [1.82, 2.24) is 29.3 Å². The third-order valence-corrected chi connectivity index (χ3v) is 9.40. The fourth-order valence-electron chi connectivity index (χ4n) is 6.20. The number of piperazine rings is 1. The Hall–Kier alpha value is -4.65. The van der Waals surface area contributed by atoms with Gasteiger partial charge in [-0.1, -0.05) is 36.7 Å². The lowest BCUT2D eigenvalue weighted by atomic mass is 10.1. The van der Waals surface area contributed by atoms with Crippen LogP contribution in [-0.4, -0.2) is 74.8 Å². The SMILES string of the molecule is CCC(C)n1ncn(-c2ccc(N3CCN(c4ccc(OC[C@@H]5CO[C@@](Cn6nccn6)(c6ccccc6Cl)O5)cc4)CC3)cc2)c1=O. The molecular weight excluding hydrogens is 632 g/mol. The molecule has 13 heteroatoms. The molecule has 1 unspecified atom stereocenters. The molecule has 2 aliphatic rings. The van der Waals surface area contributed by atoms with E-state index in [0.717, 1.165) is 61.0 Å². The summed E-state index contributed by atoms with van der Waals surface area (Å²) in [6, 6.07) is 23.9. The van der Waals surface area contributed by atoms with Gasteiger partial charge in [-0.15, -0.1) is 0 Å². The van der Waals surface area contributed by atoms with Gasteiger partial charge in [0.15, 0.2) is 0 Å². The molecule has 0 saturated carbocycles. The molecule has 5 aromatic rings. The minimum atomic E-state index is -1.11. The zero-order chi connectivity index (χ0) is 33.1. The van der Waals surface area contributed by atoms with Crippen LogP contribution in [0.25, 0.3) is 5.69 Å². The zero-order valence-corrected chi connectivity index (χ0v) is 27.8.